The lowest BCUT2D eigenvalue weighted by molar-refractivity contribution is 0.0783. The van der Waals surface area contributed by atoms with Gasteiger partial charge < -0.3 is 5.11 Å². The summed E-state index contributed by atoms with van der Waals surface area (Å²) in [4.78, 5) is 3.83. The van der Waals surface area contributed by atoms with Crippen LogP contribution in [-0.4, -0.2) is 10.1 Å². The molecule has 0 aliphatic heterocycles. The minimum absolute atomic E-state index is 0.327. The molecule has 0 saturated carbocycles. The zero-order valence-electron chi connectivity index (χ0n) is 6.81. The van der Waals surface area contributed by atoms with E-state index in [1.165, 1.54) is 12.3 Å². The SMILES string of the molecule is CC(C)(O)c1cnc(Cl)cc1Cl. The van der Waals surface area contributed by atoms with Gasteiger partial charge in [0.05, 0.1) is 10.6 Å². The fourth-order valence-electron chi connectivity index (χ4n) is 0.858. The zero-order valence-corrected chi connectivity index (χ0v) is 8.32. The molecule has 0 radical (unpaired) electrons. The van der Waals surface area contributed by atoms with Crippen LogP contribution in [0.5, 0.6) is 0 Å². The van der Waals surface area contributed by atoms with Crippen LogP contribution in [0.15, 0.2) is 12.3 Å². The van der Waals surface area contributed by atoms with Crippen molar-refractivity contribution < 1.29 is 5.11 Å². The van der Waals surface area contributed by atoms with Gasteiger partial charge in [-0.3, -0.25) is 0 Å². The van der Waals surface area contributed by atoms with Gasteiger partial charge in [-0.2, -0.15) is 0 Å². The zero-order chi connectivity index (χ0) is 9.35. The quantitative estimate of drug-likeness (QED) is 0.716. The van der Waals surface area contributed by atoms with Gasteiger partial charge in [0.2, 0.25) is 0 Å². The molecule has 0 aliphatic rings. The van der Waals surface area contributed by atoms with E-state index >= 15 is 0 Å². The van der Waals surface area contributed by atoms with Crippen LogP contribution < -0.4 is 0 Å². The van der Waals surface area contributed by atoms with Gasteiger partial charge in [-0.1, -0.05) is 23.2 Å². The van der Waals surface area contributed by atoms with Crippen LogP contribution in [0.1, 0.15) is 19.4 Å². The second kappa shape index (κ2) is 3.21. The lowest BCUT2D eigenvalue weighted by Crippen LogP contribution is -2.16. The smallest absolute Gasteiger partial charge is 0.130 e. The average molecular weight is 206 g/mol. The van der Waals surface area contributed by atoms with Gasteiger partial charge in [0.1, 0.15) is 5.15 Å². The molecule has 66 valence electrons. The number of nitrogens with zero attached hydrogens (tertiary/aromatic N) is 1. The van der Waals surface area contributed by atoms with E-state index in [9.17, 15) is 5.11 Å². The number of halogens is 2. The second-order valence-corrected chi connectivity index (χ2v) is 3.84. The van der Waals surface area contributed by atoms with Crippen molar-refractivity contribution in [1.29, 1.82) is 0 Å². The van der Waals surface area contributed by atoms with Crippen LogP contribution in [0.3, 0.4) is 0 Å². The Morgan fingerprint density at radius 3 is 2.42 bits per heavy atom. The van der Waals surface area contributed by atoms with Crippen LogP contribution in [0.25, 0.3) is 0 Å². The molecule has 0 fully saturated rings. The Balaban J connectivity index is 3.19. The van der Waals surface area contributed by atoms with Crippen molar-refractivity contribution in [2.24, 2.45) is 0 Å². The third-order valence-electron chi connectivity index (χ3n) is 1.48. The molecule has 1 aromatic heterocycles. The fourth-order valence-corrected chi connectivity index (χ4v) is 1.45. The third-order valence-corrected chi connectivity index (χ3v) is 2.00. The molecule has 4 heteroatoms. The van der Waals surface area contributed by atoms with E-state index < -0.39 is 5.60 Å². The van der Waals surface area contributed by atoms with E-state index in [0.717, 1.165) is 0 Å². The van der Waals surface area contributed by atoms with Gasteiger partial charge >= 0.3 is 0 Å². The topological polar surface area (TPSA) is 33.1 Å². The molecule has 1 heterocycles. The Kier molecular flexibility index (Phi) is 2.61. The second-order valence-electron chi connectivity index (χ2n) is 3.05. The van der Waals surface area contributed by atoms with Gasteiger partial charge in [0, 0.05) is 11.8 Å². The van der Waals surface area contributed by atoms with E-state index in [1.54, 1.807) is 13.8 Å². The predicted molar refractivity (Wildman–Crippen MR) is 49.5 cm³/mol. The van der Waals surface area contributed by atoms with E-state index in [2.05, 4.69) is 4.98 Å². The molecular formula is C8H9Cl2NO. The van der Waals surface area contributed by atoms with Crippen LogP contribution in [0.4, 0.5) is 0 Å². The van der Waals surface area contributed by atoms with Crippen LogP contribution >= 0.6 is 23.2 Å². The molecule has 0 amide bonds. The Labute approximate surface area is 81.1 Å². The van der Waals surface area contributed by atoms with Crippen molar-refractivity contribution in [2.45, 2.75) is 19.4 Å². The summed E-state index contributed by atoms with van der Waals surface area (Å²) < 4.78 is 0. The Hall–Kier alpha value is -0.310. The molecule has 0 saturated heterocycles. The number of hydrogen-bond acceptors (Lipinski definition) is 2. The fraction of sp³-hybridized carbons (Fsp3) is 0.375. The van der Waals surface area contributed by atoms with Gasteiger partial charge in [0.15, 0.2) is 0 Å². The minimum atomic E-state index is -0.978. The molecule has 0 aliphatic carbocycles. The summed E-state index contributed by atoms with van der Waals surface area (Å²) in [6, 6.07) is 1.51. The van der Waals surface area contributed by atoms with Crippen molar-refractivity contribution >= 4 is 23.2 Å². The van der Waals surface area contributed by atoms with Crippen molar-refractivity contribution in [3.63, 3.8) is 0 Å². The molecule has 0 bridgehead atoms. The summed E-state index contributed by atoms with van der Waals surface area (Å²) in [7, 11) is 0. The van der Waals surface area contributed by atoms with Gasteiger partial charge in [-0.25, -0.2) is 4.98 Å². The summed E-state index contributed by atoms with van der Waals surface area (Å²) in [5.74, 6) is 0. The summed E-state index contributed by atoms with van der Waals surface area (Å²) in [5.41, 5.74) is -0.400. The molecule has 0 spiro atoms. The molecule has 0 atom stereocenters. The number of aliphatic hydroxyl groups is 1. The lowest BCUT2D eigenvalue weighted by atomic mass is 10.0. The maximum Gasteiger partial charge on any atom is 0.130 e. The summed E-state index contributed by atoms with van der Waals surface area (Å²) in [6.45, 7) is 3.29. The minimum Gasteiger partial charge on any atom is -0.386 e. The summed E-state index contributed by atoms with van der Waals surface area (Å²) >= 11 is 11.4. The molecule has 0 unspecified atom stereocenters. The predicted octanol–water partition coefficient (Wildman–Crippen LogP) is 2.62. The van der Waals surface area contributed by atoms with Crippen molar-refractivity contribution in [3.05, 3.63) is 28.0 Å². The van der Waals surface area contributed by atoms with E-state index in [0.29, 0.717) is 15.7 Å². The molecule has 2 nitrogen and oxygen atoms in total. The first-order chi connectivity index (χ1) is 5.41. The highest BCUT2D eigenvalue weighted by Crippen LogP contribution is 2.27. The summed E-state index contributed by atoms with van der Waals surface area (Å²) in [6.07, 6.45) is 1.48. The highest BCUT2D eigenvalue weighted by molar-refractivity contribution is 6.34. The molecule has 1 N–H and O–H groups in total. The molecular weight excluding hydrogens is 197 g/mol. The average Bonchev–Trinajstić information content (AvgIpc) is 1.83. The highest BCUT2D eigenvalue weighted by Gasteiger charge is 2.19. The van der Waals surface area contributed by atoms with Gasteiger partial charge in [0.25, 0.3) is 0 Å². The first-order valence-electron chi connectivity index (χ1n) is 3.45. The third kappa shape index (κ3) is 2.09. The summed E-state index contributed by atoms with van der Waals surface area (Å²) in [5, 5.41) is 10.4. The number of hydrogen-bond donors (Lipinski definition) is 1. The number of pyridine rings is 1. The monoisotopic (exact) mass is 205 g/mol. The highest BCUT2D eigenvalue weighted by atomic mass is 35.5. The standard InChI is InChI=1S/C8H9Cl2NO/c1-8(2,12)5-4-11-7(10)3-6(5)9/h3-4,12H,1-2H3. The lowest BCUT2D eigenvalue weighted by Gasteiger charge is -2.18. The molecule has 0 aromatic carbocycles. The van der Waals surface area contributed by atoms with Crippen molar-refractivity contribution in [1.82, 2.24) is 4.98 Å². The van der Waals surface area contributed by atoms with Crippen LogP contribution in [0, 0.1) is 0 Å². The first kappa shape index (κ1) is 9.78. The van der Waals surface area contributed by atoms with Crippen LogP contribution in [-0.2, 0) is 5.60 Å². The van der Waals surface area contributed by atoms with Crippen molar-refractivity contribution in [3.8, 4) is 0 Å². The Morgan fingerprint density at radius 1 is 1.42 bits per heavy atom. The maximum absolute atomic E-state index is 9.59. The maximum atomic E-state index is 9.59. The Bertz CT molecular complexity index is 294. The van der Waals surface area contributed by atoms with E-state index in [-0.39, 0.29) is 0 Å². The van der Waals surface area contributed by atoms with E-state index in [1.807, 2.05) is 0 Å². The largest absolute Gasteiger partial charge is 0.386 e. The molecule has 1 rings (SSSR count). The first-order valence-corrected chi connectivity index (χ1v) is 4.21. The van der Waals surface area contributed by atoms with E-state index in [4.69, 9.17) is 23.2 Å². The van der Waals surface area contributed by atoms with Gasteiger partial charge in [-0.15, -0.1) is 0 Å². The molecule has 12 heavy (non-hydrogen) atoms. The normalized spacial score (nSPS) is 11.8. The van der Waals surface area contributed by atoms with Gasteiger partial charge in [-0.05, 0) is 19.9 Å². The molecule has 1 aromatic rings. The van der Waals surface area contributed by atoms with Crippen LogP contribution in [0.2, 0.25) is 10.2 Å². The number of rotatable bonds is 1. The number of aromatic nitrogens is 1. The van der Waals surface area contributed by atoms with Crippen molar-refractivity contribution in [2.75, 3.05) is 0 Å². The Morgan fingerprint density at radius 2 is 2.00 bits per heavy atom.